The Hall–Kier alpha value is -1.63. The third-order valence-electron chi connectivity index (χ3n) is 4.30. The number of nitrogens with zero attached hydrogens (tertiary/aromatic N) is 1. The smallest absolute Gasteiger partial charge is 0.169 e. The summed E-state index contributed by atoms with van der Waals surface area (Å²) in [5.41, 5.74) is 0.975. The lowest BCUT2D eigenvalue weighted by molar-refractivity contribution is -0.122. The van der Waals surface area contributed by atoms with Gasteiger partial charge in [-0.3, -0.25) is 9.69 Å². The van der Waals surface area contributed by atoms with Crippen molar-refractivity contribution in [2.75, 3.05) is 46.1 Å². The second-order valence-electron chi connectivity index (χ2n) is 6.27. The number of carbonyl (C=O) groups is 1. The predicted molar refractivity (Wildman–Crippen MR) is 95.4 cm³/mol. The van der Waals surface area contributed by atoms with Gasteiger partial charge < -0.3 is 19.3 Å². The van der Waals surface area contributed by atoms with Crippen molar-refractivity contribution >= 4 is 5.78 Å². The minimum Gasteiger partial charge on any atom is -0.492 e. The lowest BCUT2D eigenvalue weighted by Crippen LogP contribution is -2.38. The average Bonchev–Trinajstić information content (AvgIpc) is 2.62. The van der Waals surface area contributed by atoms with E-state index < -0.39 is 6.10 Å². The molecule has 1 unspecified atom stereocenters. The van der Waals surface area contributed by atoms with Crippen LogP contribution in [0.25, 0.3) is 0 Å². The van der Waals surface area contributed by atoms with Gasteiger partial charge in [0.15, 0.2) is 11.9 Å². The first-order chi connectivity index (χ1) is 12.1. The van der Waals surface area contributed by atoms with E-state index in [0.717, 1.165) is 44.2 Å². The molecule has 0 radical (unpaired) electrons. The summed E-state index contributed by atoms with van der Waals surface area (Å²) in [6.07, 6.45) is 0.850. The average molecular weight is 351 g/mol. The molecule has 1 N–H and O–H groups in total. The maximum absolute atomic E-state index is 11.5. The number of carbonyl (C=O) groups excluding carboxylic acids is 1. The second kappa shape index (κ2) is 10.4. The molecule has 6 nitrogen and oxygen atoms in total. The number of benzene rings is 1. The minimum atomic E-state index is -0.503. The molecular weight excluding hydrogens is 322 g/mol. The highest BCUT2D eigenvalue weighted by Crippen LogP contribution is 2.27. The number of aliphatic hydroxyl groups is 1. The number of hydrogen-bond acceptors (Lipinski definition) is 6. The van der Waals surface area contributed by atoms with E-state index in [9.17, 15) is 4.79 Å². The molecule has 0 saturated carbocycles. The summed E-state index contributed by atoms with van der Waals surface area (Å²) in [5, 5.41) is 9.05. The zero-order valence-electron chi connectivity index (χ0n) is 15.2. The zero-order chi connectivity index (χ0) is 18.1. The molecule has 0 amide bonds. The van der Waals surface area contributed by atoms with Crippen molar-refractivity contribution in [1.29, 1.82) is 0 Å². The molecule has 1 saturated heterocycles. The summed E-state index contributed by atoms with van der Waals surface area (Å²) in [6, 6.07) is 5.70. The van der Waals surface area contributed by atoms with Gasteiger partial charge in [-0.1, -0.05) is 6.07 Å². The van der Waals surface area contributed by atoms with E-state index in [1.54, 1.807) is 6.92 Å². The van der Waals surface area contributed by atoms with E-state index in [-0.39, 0.29) is 12.4 Å². The Labute approximate surface area is 149 Å². The van der Waals surface area contributed by atoms with E-state index in [1.807, 2.05) is 18.2 Å². The number of hydrogen-bond donors (Lipinski definition) is 1. The summed E-state index contributed by atoms with van der Waals surface area (Å²) < 4.78 is 17.0. The lowest BCUT2D eigenvalue weighted by Gasteiger charge is -2.26. The monoisotopic (exact) mass is 351 g/mol. The number of aliphatic hydroxyl groups excluding tert-OH is 1. The highest BCUT2D eigenvalue weighted by Gasteiger charge is 2.14. The SMILES string of the molecule is CC(=O)C(C)Oc1cc(OCCN2CCOCC2)ccc1CCCO. The van der Waals surface area contributed by atoms with Crippen molar-refractivity contribution < 1.29 is 24.1 Å². The number of Topliss-reactive ketones (excluding diaryl/α,β-unsaturated/α-hetero) is 1. The van der Waals surface area contributed by atoms with E-state index >= 15 is 0 Å². The Kier molecular flexibility index (Phi) is 8.18. The molecule has 0 aliphatic carbocycles. The van der Waals surface area contributed by atoms with Gasteiger partial charge in [0, 0.05) is 32.3 Å². The van der Waals surface area contributed by atoms with Crippen LogP contribution in [0, 0.1) is 0 Å². The quantitative estimate of drug-likeness (QED) is 0.692. The number of morpholine rings is 1. The minimum absolute atomic E-state index is 0.0215. The van der Waals surface area contributed by atoms with Crippen molar-refractivity contribution in [1.82, 2.24) is 4.90 Å². The van der Waals surface area contributed by atoms with Gasteiger partial charge in [0.1, 0.15) is 18.1 Å². The van der Waals surface area contributed by atoms with Crippen molar-refractivity contribution in [2.45, 2.75) is 32.8 Å². The molecule has 1 fully saturated rings. The van der Waals surface area contributed by atoms with E-state index in [1.165, 1.54) is 6.92 Å². The first-order valence-electron chi connectivity index (χ1n) is 8.94. The van der Waals surface area contributed by atoms with Gasteiger partial charge in [-0.15, -0.1) is 0 Å². The number of ketones is 1. The molecule has 6 heteroatoms. The topological polar surface area (TPSA) is 68.2 Å². The number of aryl methyl sites for hydroxylation is 1. The second-order valence-corrected chi connectivity index (χ2v) is 6.27. The first kappa shape index (κ1) is 19.7. The van der Waals surface area contributed by atoms with Gasteiger partial charge in [0.2, 0.25) is 0 Å². The molecular formula is C19H29NO5. The summed E-state index contributed by atoms with van der Waals surface area (Å²) in [6.45, 7) is 8.26. The van der Waals surface area contributed by atoms with Crippen LogP contribution < -0.4 is 9.47 Å². The van der Waals surface area contributed by atoms with Crippen molar-refractivity contribution in [3.63, 3.8) is 0 Å². The largest absolute Gasteiger partial charge is 0.492 e. The molecule has 1 aromatic rings. The highest BCUT2D eigenvalue weighted by atomic mass is 16.5. The van der Waals surface area contributed by atoms with E-state index in [2.05, 4.69) is 4.90 Å². The molecule has 1 aliphatic heterocycles. The van der Waals surface area contributed by atoms with Gasteiger partial charge in [-0.25, -0.2) is 0 Å². The Bertz CT molecular complexity index is 543. The van der Waals surface area contributed by atoms with Gasteiger partial charge in [0.25, 0.3) is 0 Å². The van der Waals surface area contributed by atoms with Crippen LogP contribution in [0.3, 0.4) is 0 Å². The van der Waals surface area contributed by atoms with Crippen LogP contribution >= 0.6 is 0 Å². The normalized spacial score (nSPS) is 16.4. The Balaban J connectivity index is 1.96. The standard InChI is InChI=1S/C19H29NO5/c1-15(22)16(2)25-19-14-18(6-5-17(19)4-3-10-21)24-13-9-20-7-11-23-12-8-20/h5-6,14,16,21H,3-4,7-13H2,1-2H3. The fourth-order valence-corrected chi connectivity index (χ4v) is 2.60. The fraction of sp³-hybridized carbons (Fsp3) is 0.632. The van der Waals surface area contributed by atoms with E-state index in [0.29, 0.717) is 25.2 Å². The summed E-state index contributed by atoms with van der Waals surface area (Å²) >= 11 is 0. The molecule has 140 valence electrons. The summed E-state index contributed by atoms with van der Waals surface area (Å²) in [5.74, 6) is 1.36. The third kappa shape index (κ3) is 6.65. The van der Waals surface area contributed by atoms with Crippen LogP contribution in [-0.2, 0) is 16.0 Å². The van der Waals surface area contributed by atoms with Crippen LogP contribution in [0.4, 0.5) is 0 Å². The van der Waals surface area contributed by atoms with Crippen LogP contribution in [0.1, 0.15) is 25.8 Å². The van der Waals surface area contributed by atoms with Gasteiger partial charge in [0.05, 0.1) is 13.2 Å². The fourth-order valence-electron chi connectivity index (χ4n) is 2.60. The van der Waals surface area contributed by atoms with Gasteiger partial charge in [-0.05, 0) is 38.3 Å². The number of ether oxygens (including phenoxy) is 3. The van der Waals surface area contributed by atoms with E-state index in [4.69, 9.17) is 19.3 Å². The molecule has 25 heavy (non-hydrogen) atoms. The maximum Gasteiger partial charge on any atom is 0.169 e. The zero-order valence-corrected chi connectivity index (χ0v) is 15.2. The maximum atomic E-state index is 11.5. The molecule has 1 aromatic carbocycles. The van der Waals surface area contributed by atoms with Crippen LogP contribution in [-0.4, -0.2) is 68.0 Å². The van der Waals surface area contributed by atoms with Gasteiger partial charge in [-0.2, -0.15) is 0 Å². The molecule has 1 heterocycles. The summed E-state index contributed by atoms with van der Waals surface area (Å²) in [7, 11) is 0. The Morgan fingerprint density at radius 1 is 1.36 bits per heavy atom. The Morgan fingerprint density at radius 3 is 2.80 bits per heavy atom. The molecule has 2 rings (SSSR count). The van der Waals surface area contributed by atoms with Crippen molar-refractivity contribution in [3.8, 4) is 11.5 Å². The van der Waals surface area contributed by atoms with Crippen molar-refractivity contribution in [3.05, 3.63) is 23.8 Å². The molecule has 1 atom stereocenters. The first-order valence-corrected chi connectivity index (χ1v) is 8.94. The summed E-state index contributed by atoms with van der Waals surface area (Å²) in [4.78, 5) is 13.8. The number of rotatable bonds is 10. The Morgan fingerprint density at radius 2 is 2.12 bits per heavy atom. The van der Waals surface area contributed by atoms with Crippen LogP contribution in [0.15, 0.2) is 18.2 Å². The molecule has 0 spiro atoms. The molecule has 1 aliphatic rings. The predicted octanol–water partition coefficient (Wildman–Crippen LogP) is 1.68. The molecule has 0 aromatic heterocycles. The third-order valence-corrected chi connectivity index (χ3v) is 4.30. The lowest BCUT2D eigenvalue weighted by atomic mass is 10.1. The van der Waals surface area contributed by atoms with Crippen LogP contribution in [0.5, 0.6) is 11.5 Å². The van der Waals surface area contributed by atoms with Gasteiger partial charge >= 0.3 is 0 Å². The van der Waals surface area contributed by atoms with Crippen LogP contribution in [0.2, 0.25) is 0 Å². The van der Waals surface area contributed by atoms with Crippen molar-refractivity contribution in [2.24, 2.45) is 0 Å². The molecule has 0 bridgehead atoms. The highest BCUT2D eigenvalue weighted by molar-refractivity contribution is 5.80.